The fourth-order valence-corrected chi connectivity index (χ4v) is 7.63. The van der Waals surface area contributed by atoms with E-state index in [-0.39, 0.29) is 52.9 Å². The number of phosphoric ester groups is 1. The monoisotopic (exact) mass is 557 g/mol. The molecule has 12 heteroatoms. The summed E-state index contributed by atoms with van der Waals surface area (Å²) in [5, 5.41) is 0. The van der Waals surface area contributed by atoms with Crippen LogP contribution in [0.25, 0.3) is 0 Å². The van der Waals surface area contributed by atoms with Gasteiger partial charge in [-0.05, 0) is 0 Å². The van der Waals surface area contributed by atoms with Crippen molar-refractivity contribution in [2.45, 2.75) is 87.6 Å². The quantitative estimate of drug-likeness (QED) is 0.278. The topological polar surface area (TPSA) is 95.5 Å². The number of hydrogen-bond donors (Lipinski definition) is 0. The van der Waals surface area contributed by atoms with Gasteiger partial charge in [0, 0.05) is 0 Å². The minimum absolute atomic E-state index is 0.0596. The number of phosphoric acid groups is 1. The Morgan fingerprint density at radius 1 is 1.15 bits per heavy atom. The third-order valence-corrected chi connectivity index (χ3v) is 9.04. The number of rotatable bonds is 12. The summed E-state index contributed by atoms with van der Waals surface area (Å²) in [5.41, 5.74) is 0. The van der Waals surface area contributed by atoms with Crippen LogP contribution in [0, 0.1) is 0 Å². The summed E-state index contributed by atoms with van der Waals surface area (Å²) in [4.78, 5) is 12.9. The van der Waals surface area contributed by atoms with Gasteiger partial charge in [-0.3, -0.25) is 0 Å². The first-order valence-electron chi connectivity index (χ1n) is 11.5. The van der Waals surface area contributed by atoms with Gasteiger partial charge in [0.25, 0.3) is 0 Å². The van der Waals surface area contributed by atoms with Gasteiger partial charge < -0.3 is 0 Å². The van der Waals surface area contributed by atoms with Gasteiger partial charge in [-0.25, -0.2) is 0 Å². The average molecular weight is 556 g/mol. The van der Waals surface area contributed by atoms with Gasteiger partial charge in [-0.1, -0.05) is 0 Å². The van der Waals surface area contributed by atoms with Gasteiger partial charge in [0.15, 0.2) is 0 Å². The first-order chi connectivity index (χ1) is 16.0. The second-order valence-electron chi connectivity index (χ2n) is 8.99. The van der Waals surface area contributed by atoms with E-state index in [1.807, 2.05) is 58.0 Å². The Balaban J connectivity index is 1.71. The van der Waals surface area contributed by atoms with Gasteiger partial charge in [-0.15, -0.1) is 0 Å². The Hall–Kier alpha value is -0.181. The zero-order chi connectivity index (χ0) is 24.9. The molecule has 2 aliphatic rings. The SMILES string of the molecule is [B][C@H]1C[C@@H](OC(C)C)[C@@H](COP(=O)([O-])O[C@@H]2C[C@H]([B])O[C@@]2(COC(C)C)[Se]c2ccccc2)O1. The van der Waals surface area contributed by atoms with Crippen molar-refractivity contribution in [3.8, 4) is 0 Å². The van der Waals surface area contributed by atoms with Crippen molar-refractivity contribution in [1.82, 2.24) is 0 Å². The molecule has 2 fully saturated rings. The van der Waals surface area contributed by atoms with Crippen LogP contribution in [0.15, 0.2) is 30.3 Å². The van der Waals surface area contributed by atoms with Gasteiger partial charge in [0.2, 0.25) is 0 Å². The number of hydrogen-bond acceptors (Lipinski definition) is 8. The Morgan fingerprint density at radius 2 is 1.85 bits per heavy atom. The molecule has 7 atom stereocenters. The maximum atomic E-state index is 12.9. The van der Waals surface area contributed by atoms with Crippen molar-refractivity contribution >= 4 is 42.9 Å². The number of benzene rings is 1. The van der Waals surface area contributed by atoms with Crippen molar-refractivity contribution in [1.29, 1.82) is 0 Å². The summed E-state index contributed by atoms with van der Waals surface area (Å²) in [6, 6.07) is 8.45. The van der Waals surface area contributed by atoms with E-state index in [0.29, 0.717) is 6.42 Å². The standard InChI is InChI=1S/C22H33B2O8PSe/c1-14(2)27-13-22(34-16-8-6-5-7-9-16)19(11-21(24)31-22)32-33(25,26)28-12-18-17(29-15(3)4)10-20(23)30-18/h5-9,14-15,17-21H,10-13H2,1-4H3,(H,25,26)/p-1/t17-,18-,19-,20-,21-,22+/m1/s1. The predicted molar refractivity (Wildman–Crippen MR) is 128 cm³/mol. The normalized spacial score (nSPS) is 33.6. The Kier molecular flexibility index (Phi) is 10.3. The molecule has 3 rings (SSSR count). The fourth-order valence-electron chi connectivity index (χ4n) is 3.85. The molecule has 8 nitrogen and oxygen atoms in total. The molecule has 0 aromatic heterocycles. The van der Waals surface area contributed by atoms with Crippen LogP contribution in [-0.4, -0.2) is 90.9 Å². The van der Waals surface area contributed by atoms with Crippen LogP contribution in [0.3, 0.4) is 0 Å². The van der Waals surface area contributed by atoms with E-state index in [1.54, 1.807) is 0 Å². The molecule has 34 heavy (non-hydrogen) atoms. The van der Waals surface area contributed by atoms with Crippen LogP contribution in [0.4, 0.5) is 0 Å². The summed E-state index contributed by atoms with van der Waals surface area (Å²) in [5.74, 6) is 0. The van der Waals surface area contributed by atoms with Crippen LogP contribution >= 0.6 is 7.82 Å². The molecule has 0 aliphatic carbocycles. The van der Waals surface area contributed by atoms with Crippen LogP contribution in [-0.2, 0) is 32.6 Å². The third kappa shape index (κ3) is 8.17. The molecule has 1 unspecified atom stereocenters. The van der Waals surface area contributed by atoms with E-state index >= 15 is 0 Å². The summed E-state index contributed by atoms with van der Waals surface area (Å²) in [7, 11) is 7.23. The molecule has 0 amide bonds. The van der Waals surface area contributed by atoms with E-state index in [1.165, 1.54) is 0 Å². The first kappa shape index (κ1) is 28.4. The molecule has 2 heterocycles. The third-order valence-electron chi connectivity index (χ3n) is 5.27. The van der Waals surface area contributed by atoms with Gasteiger partial charge in [0.1, 0.15) is 0 Å². The Bertz CT molecular complexity index is 819. The van der Waals surface area contributed by atoms with Crippen LogP contribution in [0.5, 0.6) is 0 Å². The zero-order valence-electron chi connectivity index (χ0n) is 20.0. The van der Waals surface area contributed by atoms with Crippen LogP contribution < -0.4 is 9.36 Å². The van der Waals surface area contributed by atoms with E-state index in [0.717, 1.165) is 4.46 Å². The molecule has 0 bridgehead atoms. The van der Waals surface area contributed by atoms with Gasteiger partial charge >= 0.3 is 211 Å². The summed E-state index contributed by atoms with van der Waals surface area (Å²) in [6.07, 6.45) is -1.34. The van der Waals surface area contributed by atoms with Gasteiger partial charge in [0.05, 0.1) is 0 Å². The summed E-state index contributed by atoms with van der Waals surface area (Å²) >= 11 is -0.348. The molecule has 1 aromatic rings. The molecule has 4 radical (unpaired) electrons. The first-order valence-corrected chi connectivity index (χ1v) is 14.6. The molecule has 2 aliphatic heterocycles. The van der Waals surface area contributed by atoms with Crippen molar-refractivity contribution in [2.75, 3.05) is 13.2 Å². The predicted octanol–water partition coefficient (Wildman–Crippen LogP) is 1.000. The molecule has 0 N–H and O–H groups in total. The molecule has 2 saturated heterocycles. The van der Waals surface area contributed by atoms with E-state index in [9.17, 15) is 9.46 Å². The van der Waals surface area contributed by atoms with Crippen molar-refractivity contribution in [3.63, 3.8) is 0 Å². The van der Waals surface area contributed by atoms with E-state index in [4.69, 9.17) is 43.7 Å². The average Bonchev–Trinajstić information content (AvgIpc) is 3.23. The van der Waals surface area contributed by atoms with Crippen molar-refractivity contribution in [2.24, 2.45) is 0 Å². The summed E-state index contributed by atoms with van der Waals surface area (Å²) < 4.78 is 47.0. The number of ether oxygens (including phenoxy) is 4. The Morgan fingerprint density at radius 3 is 2.50 bits per heavy atom. The second kappa shape index (κ2) is 12.4. The molecular formula is C22H32B2O8PSe-. The Labute approximate surface area is 211 Å². The van der Waals surface area contributed by atoms with Crippen LogP contribution in [0.1, 0.15) is 40.5 Å². The maximum absolute atomic E-state index is 12.9. The van der Waals surface area contributed by atoms with Crippen LogP contribution in [0.2, 0.25) is 0 Å². The molecule has 186 valence electrons. The molecule has 1 aromatic carbocycles. The molecule has 0 spiro atoms. The van der Waals surface area contributed by atoms with Gasteiger partial charge in [-0.2, -0.15) is 0 Å². The fraction of sp³-hybridized carbons (Fsp3) is 0.727. The van der Waals surface area contributed by atoms with E-state index in [2.05, 4.69) is 0 Å². The molecule has 0 saturated carbocycles. The molecular weight excluding hydrogens is 524 g/mol. The van der Waals surface area contributed by atoms with Crippen molar-refractivity contribution in [3.05, 3.63) is 30.3 Å². The zero-order valence-corrected chi connectivity index (χ0v) is 22.6. The summed E-state index contributed by atoms with van der Waals surface area (Å²) in [6.45, 7) is 7.46. The second-order valence-corrected chi connectivity index (χ2v) is 13.2. The van der Waals surface area contributed by atoms with E-state index < -0.39 is 36.5 Å². The minimum atomic E-state index is -4.74. The van der Waals surface area contributed by atoms with Crippen molar-refractivity contribution < 1.29 is 37.5 Å².